The molecule has 27 heavy (non-hydrogen) atoms. The maximum absolute atomic E-state index is 10.2. The van der Waals surface area contributed by atoms with Crippen LogP contribution in [0.25, 0.3) is 0 Å². The van der Waals surface area contributed by atoms with Gasteiger partial charge in [-0.05, 0) is 54.0 Å². The van der Waals surface area contributed by atoms with Crippen molar-refractivity contribution in [2.24, 2.45) is 4.99 Å². The summed E-state index contributed by atoms with van der Waals surface area (Å²) in [7, 11) is -1.43. The van der Waals surface area contributed by atoms with E-state index in [9.17, 15) is 5.11 Å². The summed E-state index contributed by atoms with van der Waals surface area (Å²) in [4.78, 5) is 8.69. The van der Waals surface area contributed by atoms with E-state index in [1.807, 2.05) is 0 Å². The topological polar surface area (TPSA) is 35.8 Å². The number of piperidine rings is 1. The van der Waals surface area contributed by atoms with Gasteiger partial charge >= 0.3 is 0 Å². The highest BCUT2D eigenvalue weighted by molar-refractivity contribution is 8.47. The van der Waals surface area contributed by atoms with Gasteiger partial charge in [-0.1, -0.05) is 48.5 Å². The van der Waals surface area contributed by atoms with E-state index in [0.717, 1.165) is 36.1 Å². The maximum Gasteiger partial charge on any atom is 0.135 e. The van der Waals surface area contributed by atoms with E-state index in [1.54, 1.807) is 0 Å². The second-order valence-electron chi connectivity index (χ2n) is 7.23. The lowest BCUT2D eigenvalue weighted by Gasteiger charge is -2.35. The summed E-state index contributed by atoms with van der Waals surface area (Å²) in [6.45, 7) is 2.20. The number of nitrogens with zero attached hydrogens (tertiary/aromatic N) is 2. The quantitative estimate of drug-likeness (QED) is 0.783. The highest BCUT2D eigenvalue weighted by Gasteiger charge is 2.36. The van der Waals surface area contributed by atoms with Crippen LogP contribution in [0, 0.1) is 0 Å². The van der Waals surface area contributed by atoms with Gasteiger partial charge in [0.2, 0.25) is 0 Å². The second-order valence-corrected chi connectivity index (χ2v) is 10.4. The predicted octanol–water partition coefficient (Wildman–Crippen LogP) is 4.78. The number of likely N-dealkylation sites (tertiary alicyclic amines) is 1. The van der Waals surface area contributed by atoms with E-state index in [0.29, 0.717) is 0 Å². The fraction of sp³-hybridized carbons (Fsp3) is 0.348. The number of aliphatic hydroxyl groups is 1. The monoisotopic (exact) mass is 380 g/mol. The van der Waals surface area contributed by atoms with Crippen molar-refractivity contribution < 1.29 is 5.11 Å². The molecule has 1 N–H and O–H groups in total. The van der Waals surface area contributed by atoms with Gasteiger partial charge in [0.25, 0.3) is 0 Å². The summed E-state index contributed by atoms with van der Waals surface area (Å²) in [5.41, 5.74) is 1.34. The van der Waals surface area contributed by atoms with E-state index < -0.39 is 10.0 Å². The van der Waals surface area contributed by atoms with Crippen LogP contribution < -0.4 is 0 Å². The van der Waals surface area contributed by atoms with Gasteiger partial charge in [0.05, 0.1) is 11.7 Å². The van der Waals surface area contributed by atoms with Crippen LogP contribution in [-0.4, -0.2) is 40.5 Å². The molecule has 142 valence electrons. The van der Waals surface area contributed by atoms with Gasteiger partial charge in [-0.3, -0.25) is 0 Å². The molecule has 2 aromatic carbocycles. The van der Waals surface area contributed by atoms with Gasteiger partial charge in [-0.25, -0.2) is 4.99 Å². The van der Waals surface area contributed by atoms with Crippen LogP contribution in [0.5, 0.6) is 0 Å². The Morgan fingerprint density at radius 1 is 0.889 bits per heavy atom. The van der Waals surface area contributed by atoms with Gasteiger partial charge in [-0.2, -0.15) is 0 Å². The molecule has 4 heteroatoms. The molecule has 0 aliphatic carbocycles. The van der Waals surface area contributed by atoms with Crippen molar-refractivity contribution in [3.63, 3.8) is 0 Å². The van der Waals surface area contributed by atoms with Gasteiger partial charge < -0.3 is 10.0 Å². The van der Waals surface area contributed by atoms with E-state index in [-0.39, 0.29) is 6.61 Å². The average molecular weight is 381 g/mol. The van der Waals surface area contributed by atoms with Gasteiger partial charge in [0.15, 0.2) is 0 Å². The SMILES string of the molecule is OCC1=NC(N2CCCCC2)=CS1(CCc1ccccc1)c1ccccc1. The number of benzene rings is 2. The van der Waals surface area contributed by atoms with Crippen LogP contribution in [0.2, 0.25) is 0 Å². The lowest BCUT2D eigenvalue weighted by atomic mass is 10.1. The zero-order chi connectivity index (χ0) is 18.5. The van der Waals surface area contributed by atoms with Crippen molar-refractivity contribution in [3.05, 3.63) is 77.5 Å². The normalized spacial score (nSPS) is 24.9. The third-order valence-corrected chi connectivity index (χ3v) is 9.14. The molecule has 1 fully saturated rings. The van der Waals surface area contributed by atoms with Crippen molar-refractivity contribution >= 4 is 15.1 Å². The number of aliphatic imine (C=N–C) groups is 1. The minimum absolute atomic E-state index is 0.0346. The first-order valence-corrected chi connectivity index (χ1v) is 11.7. The van der Waals surface area contributed by atoms with Crippen molar-refractivity contribution in [2.75, 3.05) is 25.4 Å². The molecule has 1 unspecified atom stereocenters. The lowest BCUT2D eigenvalue weighted by Crippen LogP contribution is -2.27. The summed E-state index contributed by atoms with van der Waals surface area (Å²) >= 11 is 0. The van der Waals surface area contributed by atoms with Crippen molar-refractivity contribution in [1.82, 2.24) is 4.90 Å². The Labute approximate surface area is 163 Å². The standard InChI is InChI=1S/C23H28N2OS/c26-18-23-24-22(25-15-8-3-9-16-25)19-27(23,21-12-6-2-7-13-21)17-14-20-10-4-1-5-11-20/h1-2,4-7,10-13,19,26H,3,8-9,14-18H2. The van der Waals surface area contributed by atoms with Crippen LogP contribution >= 0.6 is 10.0 Å². The van der Waals surface area contributed by atoms with E-state index in [4.69, 9.17) is 4.99 Å². The predicted molar refractivity (Wildman–Crippen MR) is 115 cm³/mol. The number of hydrogen-bond donors (Lipinski definition) is 1. The van der Waals surface area contributed by atoms with E-state index in [1.165, 1.54) is 29.7 Å². The van der Waals surface area contributed by atoms with Crippen LogP contribution in [-0.2, 0) is 6.42 Å². The molecule has 0 radical (unpaired) electrons. The Kier molecular flexibility index (Phi) is 5.65. The second kappa shape index (κ2) is 8.32. The van der Waals surface area contributed by atoms with Crippen LogP contribution in [0.4, 0.5) is 0 Å². The molecule has 2 aromatic rings. The molecule has 2 heterocycles. The summed E-state index contributed by atoms with van der Waals surface area (Å²) in [5.74, 6) is 2.09. The molecule has 0 saturated carbocycles. The molecule has 2 aliphatic heterocycles. The number of hydrogen-bond acceptors (Lipinski definition) is 3. The Morgan fingerprint density at radius 2 is 1.56 bits per heavy atom. The third-order valence-electron chi connectivity index (χ3n) is 5.50. The van der Waals surface area contributed by atoms with Gasteiger partial charge in [0.1, 0.15) is 5.82 Å². The zero-order valence-corrected chi connectivity index (χ0v) is 16.6. The average Bonchev–Trinajstić information content (AvgIpc) is 3.14. The van der Waals surface area contributed by atoms with Crippen LogP contribution in [0.15, 0.2) is 81.8 Å². The lowest BCUT2D eigenvalue weighted by molar-refractivity contribution is 0.283. The minimum atomic E-state index is -1.43. The smallest absolute Gasteiger partial charge is 0.135 e. The molecule has 2 aliphatic rings. The number of aryl methyl sites for hydroxylation is 1. The van der Waals surface area contributed by atoms with E-state index >= 15 is 0 Å². The molecule has 1 atom stereocenters. The first kappa shape index (κ1) is 18.3. The molecule has 0 aromatic heterocycles. The van der Waals surface area contributed by atoms with E-state index in [2.05, 4.69) is 71.0 Å². The first-order valence-electron chi connectivity index (χ1n) is 9.87. The highest BCUT2D eigenvalue weighted by atomic mass is 32.3. The summed E-state index contributed by atoms with van der Waals surface area (Å²) < 4.78 is 0. The maximum atomic E-state index is 10.2. The third kappa shape index (κ3) is 3.83. The number of rotatable bonds is 6. The van der Waals surface area contributed by atoms with Crippen molar-refractivity contribution in [2.45, 2.75) is 30.6 Å². The molecule has 3 nitrogen and oxygen atoms in total. The molecular weight excluding hydrogens is 352 g/mol. The Bertz CT molecular complexity index is 813. The summed E-state index contributed by atoms with van der Waals surface area (Å²) in [6.07, 6.45) is 4.77. The molecule has 0 amide bonds. The number of aliphatic hydroxyl groups excluding tert-OH is 1. The molecule has 4 rings (SSSR count). The summed E-state index contributed by atoms with van der Waals surface area (Å²) in [6, 6.07) is 21.3. The molecular formula is C23H28N2OS. The molecule has 0 bridgehead atoms. The van der Waals surface area contributed by atoms with Crippen LogP contribution in [0.3, 0.4) is 0 Å². The van der Waals surface area contributed by atoms with Crippen LogP contribution in [0.1, 0.15) is 24.8 Å². The summed E-state index contributed by atoms with van der Waals surface area (Å²) in [5, 5.41) is 13.6. The van der Waals surface area contributed by atoms with Crippen molar-refractivity contribution in [1.29, 1.82) is 0 Å². The Morgan fingerprint density at radius 3 is 2.22 bits per heavy atom. The highest BCUT2D eigenvalue weighted by Crippen LogP contribution is 2.62. The first-order chi connectivity index (χ1) is 13.3. The Balaban J connectivity index is 1.70. The molecule has 0 spiro atoms. The Hall–Kier alpha value is -2.04. The largest absolute Gasteiger partial charge is 0.390 e. The molecule has 1 saturated heterocycles. The fourth-order valence-corrected chi connectivity index (χ4v) is 7.37. The van der Waals surface area contributed by atoms with Gasteiger partial charge in [0, 0.05) is 18.5 Å². The fourth-order valence-electron chi connectivity index (χ4n) is 3.99. The van der Waals surface area contributed by atoms with Crippen molar-refractivity contribution in [3.8, 4) is 0 Å². The van der Waals surface area contributed by atoms with Gasteiger partial charge in [-0.15, -0.1) is 10.0 Å². The minimum Gasteiger partial charge on any atom is -0.390 e. The zero-order valence-electron chi connectivity index (χ0n) is 15.8.